The molecule has 1 atom stereocenters. The van der Waals surface area contributed by atoms with Crippen LogP contribution in [0.2, 0.25) is 5.02 Å². The first-order valence-electron chi connectivity index (χ1n) is 9.73. The van der Waals surface area contributed by atoms with E-state index in [1.54, 1.807) is 10.7 Å². The van der Waals surface area contributed by atoms with Crippen molar-refractivity contribution in [3.05, 3.63) is 76.3 Å². The summed E-state index contributed by atoms with van der Waals surface area (Å²) in [6.07, 6.45) is 0. The molecule has 2 N–H and O–H groups in total. The number of carbonyl (C=O) groups excluding carboxylic acids is 1. The molecule has 0 bridgehead atoms. The Bertz CT molecular complexity index is 1100. The van der Waals surface area contributed by atoms with E-state index in [0.717, 1.165) is 16.8 Å². The normalized spacial score (nSPS) is 20.2. The van der Waals surface area contributed by atoms with Gasteiger partial charge in [0.25, 0.3) is 5.91 Å². The molecule has 2 aliphatic rings. The zero-order valence-electron chi connectivity index (χ0n) is 16.1. The van der Waals surface area contributed by atoms with Crippen LogP contribution in [0.15, 0.2) is 48.5 Å². The molecule has 1 amide bonds. The van der Waals surface area contributed by atoms with E-state index < -0.39 is 11.6 Å². The van der Waals surface area contributed by atoms with Crippen LogP contribution in [0.4, 0.5) is 0 Å². The summed E-state index contributed by atoms with van der Waals surface area (Å²) < 4.78 is 8.10. The number of aliphatic hydroxyl groups excluding tert-OH is 1. The van der Waals surface area contributed by atoms with Gasteiger partial charge in [-0.2, -0.15) is 0 Å². The third-order valence-electron chi connectivity index (χ3n) is 5.44. The van der Waals surface area contributed by atoms with Crippen LogP contribution in [0.1, 0.15) is 27.6 Å². The first kappa shape index (κ1) is 19.2. The summed E-state index contributed by atoms with van der Waals surface area (Å²) in [5, 5.41) is 16.6. The van der Waals surface area contributed by atoms with E-state index in [2.05, 4.69) is 20.3 Å². The van der Waals surface area contributed by atoms with Gasteiger partial charge in [-0.15, -0.1) is 5.10 Å². The lowest BCUT2D eigenvalue weighted by Gasteiger charge is -2.37. The number of nitrogens with one attached hydrogen (secondary N) is 1. The number of ether oxygens (including phenoxy) is 1. The second-order valence-electron chi connectivity index (χ2n) is 7.18. The smallest absolute Gasteiger partial charge is 0.291 e. The van der Waals surface area contributed by atoms with Crippen molar-refractivity contribution in [1.82, 2.24) is 25.0 Å². The summed E-state index contributed by atoms with van der Waals surface area (Å²) in [5.74, 6) is 0.273. The SMILES string of the molecule is O=C(NCCO)c1nc2n(n1)-c1ccc(Cl)cc1C1(c3ccccc3)OCCN1C2. The standard InChI is InChI=1S/C21H20ClN5O3/c22-15-6-7-17-16(12-15)21(14-4-2-1-3-5-14)26(9-11-30-21)13-18-24-19(25-27(17)18)20(29)23-8-10-28/h1-7,12,28H,8-11,13H2,(H,23,29). The van der Waals surface area contributed by atoms with Crippen molar-refractivity contribution in [2.75, 3.05) is 26.3 Å². The molecule has 1 fully saturated rings. The fourth-order valence-corrected chi connectivity index (χ4v) is 4.37. The van der Waals surface area contributed by atoms with E-state index in [1.165, 1.54) is 0 Å². The average molecular weight is 426 g/mol. The number of nitrogens with zero attached hydrogens (tertiary/aromatic N) is 4. The number of halogens is 1. The van der Waals surface area contributed by atoms with Gasteiger partial charge in [-0.25, -0.2) is 9.67 Å². The van der Waals surface area contributed by atoms with Crippen molar-refractivity contribution in [2.45, 2.75) is 12.3 Å². The van der Waals surface area contributed by atoms with Gasteiger partial charge in [0.2, 0.25) is 5.82 Å². The predicted molar refractivity (Wildman–Crippen MR) is 109 cm³/mol. The van der Waals surface area contributed by atoms with Crippen molar-refractivity contribution in [3.63, 3.8) is 0 Å². The second-order valence-corrected chi connectivity index (χ2v) is 7.62. The largest absolute Gasteiger partial charge is 0.395 e. The van der Waals surface area contributed by atoms with Gasteiger partial charge in [-0.3, -0.25) is 9.69 Å². The number of fused-ring (bicyclic) bond motifs is 5. The molecular weight excluding hydrogens is 406 g/mol. The maximum Gasteiger partial charge on any atom is 0.291 e. The first-order chi connectivity index (χ1) is 14.6. The summed E-state index contributed by atoms with van der Waals surface area (Å²) in [4.78, 5) is 19.1. The van der Waals surface area contributed by atoms with Crippen LogP contribution >= 0.6 is 11.6 Å². The Morgan fingerprint density at radius 1 is 1.27 bits per heavy atom. The minimum absolute atomic E-state index is 0.0617. The van der Waals surface area contributed by atoms with Crippen molar-refractivity contribution >= 4 is 17.5 Å². The van der Waals surface area contributed by atoms with Crippen LogP contribution in [0.5, 0.6) is 0 Å². The number of hydrogen-bond acceptors (Lipinski definition) is 6. The molecule has 0 radical (unpaired) electrons. The molecule has 3 heterocycles. The number of aromatic nitrogens is 3. The van der Waals surface area contributed by atoms with Crippen molar-refractivity contribution in [1.29, 1.82) is 0 Å². The summed E-state index contributed by atoms with van der Waals surface area (Å²) in [5.41, 5.74) is 1.79. The lowest BCUT2D eigenvalue weighted by Crippen LogP contribution is -2.42. The van der Waals surface area contributed by atoms with Gasteiger partial charge in [-0.1, -0.05) is 41.9 Å². The monoisotopic (exact) mass is 425 g/mol. The fraction of sp³-hybridized carbons (Fsp3) is 0.286. The highest BCUT2D eigenvalue weighted by Gasteiger charge is 2.49. The molecule has 1 aromatic heterocycles. The molecule has 0 aliphatic carbocycles. The molecule has 5 rings (SSSR count). The Morgan fingerprint density at radius 2 is 2.10 bits per heavy atom. The summed E-state index contributed by atoms with van der Waals surface area (Å²) in [7, 11) is 0. The highest BCUT2D eigenvalue weighted by Crippen LogP contribution is 2.46. The van der Waals surface area contributed by atoms with Crippen LogP contribution in [-0.4, -0.2) is 57.0 Å². The van der Waals surface area contributed by atoms with Gasteiger partial charge in [0, 0.05) is 29.2 Å². The van der Waals surface area contributed by atoms with Gasteiger partial charge in [0.15, 0.2) is 5.72 Å². The van der Waals surface area contributed by atoms with E-state index in [4.69, 9.17) is 21.4 Å². The number of hydrogen-bond donors (Lipinski definition) is 2. The van der Waals surface area contributed by atoms with Crippen LogP contribution in [-0.2, 0) is 17.0 Å². The van der Waals surface area contributed by atoms with Crippen molar-refractivity contribution < 1.29 is 14.6 Å². The molecule has 0 saturated carbocycles. The molecular formula is C21H20ClN5O3. The Balaban J connectivity index is 1.70. The first-order valence-corrected chi connectivity index (χ1v) is 10.1. The van der Waals surface area contributed by atoms with Crippen molar-refractivity contribution in [3.8, 4) is 5.69 Å². The summed E-state index contributed by atoms with van der Waals surface area (Å²) in [6.45, 7) is 1.69. The predicted octanol–water partition coefficient (Wildman–Crippen LogP) is 1.69. The highest BCUT2D eigenvalue weighted by molar-refractivity contribution is 6.30. The lowest BCUT2D eigenvalue weighted by molar-refractivity contribution is -0.0551. The van der Waals surface area contributed by atoms with Crippen LogP contribution in [0.3, 0.4) is 0 Å². The van der Waals surface area contributed by atoms with E-state index in [0.29, 0.717) is 30.5 Å². The third-order valence-corrected chi connectivity index (χ3v) is 5.68. The maximum absolute atomic E-state index is 12.4. The molecule has 1 saturated heterocycles. The minimum Gasteiger partial charge on any atom is -0.395 e. The van der Waals surface area contributed by atoms with Gasteiger partial charge in [-0.05, 0) is 18.2 Å². The van der Waals surface area contributed by atoms with E-state index in [-0.39, 0.29) is 19.0 Å². The van der Waals surface area contributed by atoms with Gasteiger partial charge in [0.05, 0.1) is 25.4 Å². The van der Waals surface area contributed by atoms with E-state index in [9.17, 15) is 4.79 Å². The van der Waals surface area contributed by atoms with Gasteiger partial charge in [0.1, 0.15) is 5.82 Å². The lowest BCUT2D eigenvalue weighted by atomic mass is 9.92. The minimum atomic E-state index is -0.816. The van der Waals surface area contributed by atoms with Crippen LogP contribution in [0, 0.1) is 0 Å². The molecule has 3 aromatic rings. The number of amides is 1. The Labute approximate surface area is 178 Å². The van der Waals surface area contributed by atoms with Crippen LogP contribution < -0.4 is 5.32 Å². The summed E-state index contributed by atoms with van der Waals surface area (Å²) >= 11 is 6.40. The van der Waals surface area contributed by atoms with Gasteiger partial charge < -0.3 is 15.2 Å². The zero-order chi connectivity index (χ0) is 20.7. The quantitative estimate of drug-likeness (QED) is 0.661. The number of benzene rings is 2. The third kappa shape index (κ3) is 2.92. The average Bonchev–Trinajstić information content (AvgIpc) is 3.36. The molecule has 2 aromatic carbocycles. The molecule has 154 valence electrons. The Kier molecular flexibility index (Phi) is 4.79. The number of carbonyl (C=O) groups is 1. The molecule has 9 heteroatoms. The maximum atomic E-state index is 12.4. The molecule has 2 aliphatic heterocycles. The zero-order valence-corrected chi connectivity index (χ0v) is 16.8. The Morgan fingerprint density at radius 3 is 2.90 bits per heavy atom. The van der Waals surface area contributed by atoms with Crippen LogP contribution in [0.25, 0.3) is 5.69 Å². The van der Waals surface area contributed by atoms with E-state index >= 15 is 0 Å². The molecule has 30 heavy (non-hydrogen) atoms. The van der Waals surface area contributed by atoms with Gasteiger partial charge >= 0.3 is 0 Å². The molecule has 0 spiro atoms. The Hall–Kier alpha value is -2.78. The fourth-order valence-electron chi connectivity index (χ4n) is 4.20. The number of rotatable bonds is 4. The molecule has 1 unspecified atom stereocenters. The highest BCUT2D eigenvalue weighted by atomic mass is 35.5. The summed E-state index contributed by atoms with van der Waals surface area (Å²) in [6, 6.07) is 15.6. The van der Waals surface area contributed by atoms with E-state index in [1.807, 2.05) is 42.5 Å². The topological polar surface area (TPSA) is 92.5 Å². The van der Waals surface area contributed by atoms with Crippen molar-refractivity contribution in [2.24, 2.45) is 0 Å². The second kappa shape index (κ2) is 7.48. The number of aliphatic hydroxyl groups is 1. The molecule has 8 nitrogen and oxygen atoms in total.